The lowest BCUT2D eigenvalue weighted by Gasteiger charge is -2.08. The van der Waals surface area contributed by atoms with E-state index in [2.05, 4.69) is 10.3 Å². The third kappa shape index (κ3) is 2.76. The van der Waals surface area contributed by atoms with Crippen molar-refractivity contribution in [1.82, 2.24) is 10.3 Å². The van der Waals surface area contributed by atoms with Gasteiger partial charge in [0.15, 0.2) is 0 Å². The van der Waals surface area contributed by atoms with Gasteiger partial charge < -0.3 is 5.32 Å². The molecule has 1 heterocycles. The minimum absolute atomic E-state index is 0.0379. The van der Waals surface area contributed by atoms with Crippen molar-refractivity contribution in [2.45, 2.75) is 27.3 Å². The third-order valence-corrected chi connectivity index (χ3v) is 3.88. The number of amides is 1. The molecule has 0 aliphatic carbocycles. The Morgan fingerprint density at radius 3 is 2.78 bits per heavy atom. The van der Waals surface area contributed by atoms with Crippen molar-refractivity contribution in [3.05, 3.63) is 51.0 Å². The van der Waals surface area contributed by atoms with Crippen molar-refractivity contribution in [2.75, 3.05) is 0 Å². The first-order valence-corrected chi connectivity index (χ1v) is 6.71. The fourth-order valence-corrected chi connectivity index (χ4v) is 2.44. The highest BCUT2D eigenvalue weighted by atomic mass is 32.1. The predicted molar refractivity (Wildman–Crippen MR) is 73.9 cm³/mol. The van der Waals surface area contributed by atoms with Gasteiger partial charge in [-0.2, -0.15) is 0 Å². The van der Waals surface area contributed by atoms with E-state index in [1.165, 1.54) is 0 Å². The molecular weight excluding hydrogens is 244 g/mol. The van der Waals surface area contributed by atoms with E-state index in [9.17, 15) is 4.79 Å². The largest absolute Gasteiger partial charge is 0.346 e. The Hall–Kier alpha value is -1.68. The molecule has 0 aliphatic heterocycles. The molecule has 0 fully saturated rings. The van der Waals surface area contributed by atoms with Crippen LogP contribution in [0.25, 0.3) is 0 Å². The number of rotatable bonds is 3. The summed E-state index contributed by atoms with van der Waals surface area (Å²) in [6.45, 7) is 6.42. The quantitative estimate of drug-likeness (QED) is 0.921. The molecule has 1 aromatic heterocycles. The number of nitrogens with one attached hydrogen (secondary N) is 1. The van der Waals surface area contributed by atoms with Gasteiger partial charge in [-0.05, 0) is 38.0 Å². The molecule has 0 radical (unpaired) electrons. The molecule has 0 aliphatic rings. The molecule has 4 heteroatoms. The molecule has 3 nitrogen and oxygen atoms in total. The fourth-order valence-electron chi connectivity index (χ4n) is 1.73. The van der Waals surface area contributed by atoms with Gasteiger partial charge >= 0.3 is 0 Å². The fraction of sp³-hybridized carbons (Fsp3) is 0.286. The third-order valence-electron chi connectivity index (χ3n) is 2.92. The highest BCUT2D eigenvalue weighted by Crippen LogP contribution is 2.13. The lowest BCUT2D eigenvalue weighted by molar-refractivity contribution is 0.0950. The van der Waals surface area contributed by atoms with Crippen LogP contribution >= 0.6 is 11.3 Å². The zero-order chi connectivity index (χ0) is 13.1. The lowest BCUT2D eigenvalue weighted by Crippen LogP contribution is -2.23. The molecule has 1 amide bonds. The average molecular weight is 260 g/mol. The van der Waals surface area contributed by atoms with Crippen molar-refractivity contribution < 1.29 is 4.79 Å². The van der Waals surface area contributed by atoms with Gasteiger partial charge in [-0.3, -0.25) is 4.79 Å². The van der Waals surface area contributed by atoms with Gasteiger partial charge in [0, 0.05) is 16.6 Å². The second-order valence-corrected chi connectivity index (χ2v) is 5.26. The summed E-state index contributed by atoms with van der Waals surface area (Å²) in [5.41, 5.74) is 3.90. The van der Waals surface area contributed by atoms with Gasteiger partial charge in [0.1, 0.15) is 5.01 Å². The number of carbonyl (C=O) groups is 1. The Morgan fingerprint density at radius 2 is 2.11 bits per heavy atom. The van der Waals surface area contributed by atoms with Crippen LogP contribution in [0.2, 0.25) is 0 Å². The Labute approximate surface area is 111 Å². The molecule has 1 N–H and O–H groups in total. The summed E-state index contributed by atoms with van der Waals surface area (Å²) in [5.74, 6) is -0.0379. The number of aryl methyl sites for hydroxylation is 2. The SMILES string of the molecule is Cc1csc(CNC(=O)c2cccc(C)c2C)n1. The van der Waals surface area contributed by atoms with Crippen molar-refractivity contribution in [3.63, 3.8) is 0 Å². The van der Waals surface area contributed by atoms with Crippen molar-refractivity contribution in [1.29, 1.82) is 0 Å². The first-order valence-electron chi connectivity index (χ1n) is 5.83. The molecule has 1 aromatic carbocycles. The summed E-state index contributed by atoms with van der Waals surface area (Å²) < 4.78 is 0. The molecule has 2 rings (SSSR count). The number of carbonyl (C=O) groups excluding carboxylic acids is 1. The first-order chi connectivity index (χ1) is 8.58. The second-order valence-electron chi connectivity index (χ2n) is 4.31. The van der Waals surface area contributed by atoms with E-state index in [4.69, 9.17) is 0 Å². The Kier molecular flexibility index (Phi) is 3.77. The molecule has 0 saturated heterocycles. The Morgan fingerprint density at radius 1 is 1.33 bits per heavy atom. The topological polar surface area (TPSA) is 42.0 Å². The van der Waals surface area contributed by atoms with E-state index in [1.54, 1.807) is 11.3 Å². The standard InChI is InChI=1S/C14H16N2OS/c1-9-5-4-6-12(11(9)3)14(17)15-7-13-16-10(2)8-18-13/h4-6,8H,7H2,1-3H3,(H,15,17). The maximum atomic E-state index is 12.1. The maximum Gasteiger partial charge on any atom is 0.251 e. The van der Waals surface area contributed by atoms with E-state index < -0.39 is 0 Å². The summed E-state index contributed by atoms with van der Waals surface area (Å²) in [6, 6.07) is 5.77. The number of hydrogen-bond acceptors (Lipinski definition) is 3. The van der Waals surface area contributed by atoms with Gasteiger partial charge in [0.25, 0.3) is 5.91 Å². The van der Waals surface area contributed by atoms with E-state index in [1.807, 2.05) is 44.4 Å². The van der Waals surface area contributed by atoms with E-state index >= 15 is 0 Å². The van der Waals surface area contributed by atoms with Crippen LogP contribution in [0.1, 0.15) is 32.2 Å². The monoisotopic (exact) mass is 260 g/mol. The van der Waals surface area contributed by atoms with Crippen LogP contribution in [-0.2, 0) is 6.54 Å². The van der Waals surface area contributed by atoms with Crippen molar-refractivity contribution in [3.8, 4) is 0 Å². The van der Waals surface area contributed by atoms with Gasteiger partial charge in [0.2, 0.25) is 0 Å². The summed E-state index contributed by atoms with van der Waals surface area (Å²) in [5, 5.41) is 5.83. The Bertz CT molecular complexity index is 575. The van der Waals surface area contributed by atoms with Crippen LogP contribution in [0.4, 0.5) is 0 Å². The molecule has 0 bridgehead atoms. The number of thiazole rings is 1. The lowest BCUT2D eigenvalue weighted by atomic mass is 10.0. The highest BCUT2D eigenvalue weighted by molar-refractivity contribution is 7.09. The minimum Gasteiger partial charge on any atom is -0.346 e. The van der Waals surface area contributed by atoms with Gasteiger partial charge in [-0.25, -0.2) is 4.98 Å². The molecular formula is C14H16N2OS. The van der Waals surface area contributed by atoms with Crippen LogP contribution in [0.3, 0.4) is 0 Å². The number of benzene rings is 1. The van der Waals surface area contributed by atoms with Crippen molar-refractivity contribution >= 4 is 17.2 Å². The van der Waals surface area contributed by atoms with Crippen LogP contribution in [0.15, 0.2) is 23.6 Å². The van der Waals surface area contributed by atoms with Crippen LogP contribution in [0, 0.1) is 20.8 Å². The van der Waals surface area contributed by atoms with Crippen LogP contribution in [-0.4, -0.2) is 10.9 Å². The van der Waals surface area contributed by atoms with Crippen LogP contribution in [0.5, 0.6) is 0 Å². The normalized spacial score (nSPS) is 10.4. The number of hydrogen-bond donors (Lipinski definition) is 1. The average Bonchev–Trinajstić information content (AvgIpc) is 2.76. The first kappa shape index (κ1) is 12.8. The van der Waals surface area contributed by atoms with Gasteiger partial charge in [-0.1, -0.05) is 12.1 Å². The van der Waals surface area contributed by atoms with E-state index in [0.29, 0.717) is 6.54 Å². The van der Waals surface area contributed by atoms with Crippen LogP contribution < -0.4 is 5.32 Å². The maximum absolute atomic E-state index is 12.1. The van der Waals surface area contributed by atoms with Crippen molar-refractivity contribution in [2.24, 2.45) is 0 Å². The van der Waals surface area contributed by atoms with E-state index in [-0.39, 0.29) is 5.91 Å². The summed E-state index contributed by atoms with van der Waals surface area (Å²) in [6.07, 6.45) is 0. The molecule has 0 saturated carbocycles. The zero-order valence-corrected chi connectivity index (χ0v) is 11.6. The molecule has 0 atom stereocenters. The minimum atomic E-state index is -0.0379. The summed E-state index contributed by atoms with van der Waals surface area (Å²) in [7, 11) is 0. The smallest absolute Gasteiger partial charge is 0.251 e. The molecule has 18 heavy (non-hydrogen) atoms. The van der Waals surface area contributed by atoms with Gasteiger partial charge in [0.05, 0.1) is 6.54 Å². The predicted octanol–water partition coefficient (Wildman–Crippen LogP) is 3.00. The highest BCUT2D eigenvalue weighted by Gasteiger charge is 2.10. The van der Waals surface area contributed by atoms with E-state index in [0.717, 1.165) is 27.4 Å². The Balaban J connectivity index is 2.06. The zero-order valence-electron chi connectivity index (χ0n) is 10.8. The summed E-state index contributed by atoms with van der Waals surface area (Å²) in [4.78, 5) is 16.4. The number of nitrogens with zero attached hydrogens (tertiary/aromatic N) is 1. The molecule has 94 valence electrons. The molecule has 2 aromatic rings. The molecule has 0 spiro atoms. The molecule has 0 unspecified atom stereocenters. The summed E-state index contributed by atoms with van der Waals surface area (Å²) >= 11 is 1.57. The second kappa shape index (κ2) is 5.31. The van der Waals surface area contributed by atoms with Gasteiger partial charge in [-0.15, -0.1) is 11.3 Å². The number of aromatic nitrogens is 1.